The molecule has 0 saturated heterocycles. The Morgan fingerprint density at radius 2 is 2.00 bits per heavy atom. The van der Waals surface area contributed by atoms with Gasteiger partial charge in [0.25, 0.3) is 0 Å². The summed E-state index contributed by atoms with van der Waals surface area (Å²) in [7, 11) is 0. The Balaban J connectivity index is 1.66. The molecule has 0 amide bonds. The van der Waals surface area contributed by atoms with E-state index >= 15 is 0 Å². The summed E-state index contributed by atoms with van der Waals surface area (Å²) in [4.78, 5) is 2.59. The summed E-state index contributed by atoms with van der Waals surface area (Å²) in [6, 6.07) is 9.55. The van der Waals surface area contributed by atoms with Crippen LogP contribution in [-0.4, -0.2) is 36.6 Å². The average Bonchev–Trinajstić information content (AvgIpc) is 3.22. The number of rotatable bonds is 8. The van der Waals surface area contributed by atoms with Crippen LogP contribution in [0.4, 0.5) is 0 Å². The minimum atomic E-state index is 0.513. The quantitative estimate of drug-likeness (QED) is 0.786. The molecule has 2 rings (SSSR count). The van der Waals surface area contributed by atoms with Crippen LogP contribution in [0.3, 0.4) is 0 Å². The van der Waals surface area contributed by atoms with E-state index in [0.717, 1.165) is 24.0 Å². The molecule has 0 heterocycles. The van der Waals surface area contributed by atoms with E-state index in [1.807, 2.05) is 12.1 Å². The Kier molecular flexibility index (Phi) is 5.68. The molecule has 1 unspecified atom stereocenters. The third-order valence-electron chi connectivity index (χ3n) is 3.82. The maximum Gasteiger partial charge on any atom is 0.0406 e. The van der Waals surface area contributed by atoms with E-state index in [-0.39, 0.29) is 0 Å². The Morgan fingerprint density at radius 3 is 2.58 bits per heavy atom. The van der Waals surface area contributed by atoms with Gasteiger partial charge in [0.2, 0.25) is 0 Å². The largest absolute Gasteiger partial charge is 0.313 e. The molecule has 0 bridgehead atoms. The molecular formula is C16H25ClN2. The van der Waals surface area contributed by atoms with Crippen LogP contribution in [0.25, 0.3) is 0 Å². The van der Waals surface area contributed by atoms with Gasteiger partial charge in [0, 0.05) is 30.2 Å². The first-order valence-corrected chi connectivity index (χ1v) is 7.78. The van der Waals surface area contributed by atoms with Crippen LogP contribution in [0.5, 0.6) is 0 Å². The Labute approximate surface area is 122 Å². The molecule has 3 heteroatoms. The van der Waals surface area contributed by atoms with Crippen molar-refractivity contribution in [2.24, 2.45) is 0 Å². The van der Waals surface area contributed by atoms with Gasteiger partial charge in [-0.2, -0.15) is 0 Å². The van der Waals surface area contributed by atoms with Crippen LogP contribution >= 0.6 is 11.6 Å². The van der Waals surface area contributed by atoms with Crippen LogP contribution in [0, 0.1) is 0 Å². The smallest absolute Gasteiger partial charge is 0.0406 e. The van der Waals surface area contributed by atoms with Crippen molar-refractivity contribution in [3.05, 3.63) is 34.9 Å². The SMILES string of the molecule is CCN(CCNC(C)Cc1ccc(Cl)cc1)C1CC1. The second-order valence-corrected chi connectivity index (χ2v) is 5.98. The highest BCUT2D eigenvalue weighted by molar-refractivity contribution is 6.30. The summed E-state index contributed by atoms with van der Waals surface area (Å²) in [6.45, 7) is 7.95. The van der Waals surface area contributed by atoms with Gasteiger partial charge in [0.15, 0.2) is 0 Å². The van der Waals surface area contributed by atoms with E-state index in [1.54, 1.807) is 0 Å². The van der Waals surface area contributed by atoms with Gasteiger partial charge in [0.05, 0.1) is 0 Å². The minimum Gasteiger partial charge on any atom is -0.313 e. The topological polar surface area (TPSA) is 15.3 Å². The zero-order valence-electron chi connectivity index (χ0n) is 12.0. The zero-order chi connectivity index (χ0) is 13.7. The first kappa shape index (κ1) is 14.8. The third kappa shape index (κ3) is 5.13. The first-order chi connectivity index (χ1) is 9.19. The van der Waals surface area contributed by atoms with Crippen molar-refractivity contribution < 1.29 is 0 Å². The van der Waals surface area contributed by atoms with Crippen LogP contribution in [0.1, 0.15) is 32.3 Å². The normalized spacial score (nSPS) is 16.8. The number of benzene rings is 1. The Hall–Kier alpha value is -0.570. The highest BCUT2D eigenvalue weighted by atomic mass is 35.5. The van der Waals surface area contributed by atoms with E-state index in [2.05, 4.69) is 36.2 Å². The molecule has 1 N–H and O–H groups in total. The highest BCUT2D eigenvalue weighted by Crippen LogP contribution is 2.25. The molecule has 0 aliphatic heterocycles. The van der Waals surface area contributed by atoms with Crippen molar-refractivity contribution >= 4 is 11.6 Å². The maximum atomic E-state index is 5.90. The predicted octanol–water partition coefficient (Wildman–Crippen LogP) is 3.34. The number of halogens is 1. The zero-order valence-corrected chi connectivity index (χ0v) is 12.8. The lowest BCUT2D eigenvalue weighted by Gasteiger charge is -2.21. The molecule has 0 aromatic heterocycles. The van der Waals surface area contributed by atoms with Gasteiger partial charge < -0.3 is 5.32 Å². The summed E-state index contributed by atoms with van der Waals surface area (Å²) in [5, 5.41) is 4.43. The molecular weight excluding hydrogens is 256 g/mol. The van der Waals surface area contributed by atoms with Gasteiger partial charge in [-0.15, -0.1) is 0 Å². The molecule has 0 radical (unpaired) electrons. The number of nitrogens with one attached hydrogen (secondary N) is 1. The molecule has 19 heavy (non-hydrogen) atoms. The molecule has 1 atom stereocenters. The lowest BCUT2D eigenvalue weighted by Crippen LogP contribution is -2.37. The van der Waals surface area contributed by atoms with Crippen molar-refractivity contribution in [1.29, 1.82) is 0 Å². The summed E-state index contributed by atoms with van der Waals surface area (Å²) in [5.74, 6) is 0. The molecule has 2 nitrogen and oxygen atoms in total. The van der Waals surface area contributed by atoms with Crippen molar-refractivity contribution in [3.8, 4) is 0 Å². The summed E-state index contributed by atoms with van der Waals surface area (Å²) in [6.07, 6.45) is 3.86. The lowest BCUT2D eigenvalue weighted by atomic mass is 10.1. The Morgan fingerprint density at radius 1 is 1.32 bits per heavy atom. The van der Waals surface area contributed by atoms with Gasteiger partial charge >= 0.3 is 0 Å². The fourth-order valence-electron chi connectivity index (χ4n) is 2.54. The maximum absolute atomic E-state index is 5.90. The average molecular weight is 281 g/mol. The summed E-state index contributed by atoms with van der Waals surface area (Å²) >= 11 is 5.90. The molecule has 1 fully saturated rings. The van der Waals surface area contributed by atoms with Gasteiger partial charge in [0.1, 0.15) is 0 Å². The fourth-order valence-corrected chi connectivity index (χ4v) is 2.67. The van der Waals surface area contributed by atoms with Crippen LogP contribution < -0.4 is 5.32 Å². The molecule has 1 aliphatic rings. The predicted molar refractivity (Wildman–Crippen MR) is 82.9 cm³/mol. The Bertz CT molecular complexity index is 373. The lowest BCUT2D eigenvalue weighted by molar-refractivity contribution is 0.273. The van der Waals surface area contributed by atoms with E-state index in [0.29, 0.717) is 6.04 Å². The van der Waals surface area contributed by atoms with E-state index in [1.165, 1.54) is 31.5 Å². The fraction of sp³-hybridized carbons (Fsp3) is 0.625. The monoisotopic (exact) mass is 280 g/mol. The van der Waals surface area contributed by atoms with Gasteiger partial charge in [-0.25, -0.2) is 0 Å². The molecule has 106 valence electrons. The standard InChI is InChI=1S/C16H25ClN2/c1-3-19(16-8-9-16)11-10-18-13(2)12-14-4-6-15(17)7-5-14/h4-7,13,16,18H,3,8-12H2,1-2H3. The molecule has 0 spiro atoms. The van der Waals surface area contributed by atoms with Gasteiger partial charge in [-0.3, -0.25) is 4.90 Å². The van der Waals surface area contributed by atoms with Gasteiger partial charge in [-0.05, 0) is 50.4 Å². The van der Waals surface area contributed by atoms with Crippen molar-refractivity contribution in [2.45, 2.75) is 45.2 Å². The number of hydrogen-bond acceptors (Lipinski definition) is 2. The minimum absolute atomic E-state index is 0.513. The molecule has 1 aromatic carbocycles. The first-order valence-electron chi connectivity index (χ1n) is 7.41. The van der Waals surface area contributed by atoms with Crippen molar-refractivity contribution in [3.63, 3.8) is 0 Å². The second-order valence-electron chi connectivity index (χ2n) is 5.55. The van der Waals surface area contributed by atoms with Crippen LogP contribution in [0.2, 0.25) is 5.02 Å². The molecule has 1 aromatic rings. The summed E-state index contributed by atoms with van der Waals surface area (Å²) < 4.78 is 0. The van der Waals surface area contributed by atoms with Crippen LogP contribution in [-0.2, 0) is 6.42 Å². The number of hydrogen-bond donors (Lipinski definition) is 1. The van der Waals surface area contributed by atoms with E-state index in [9.17, 15) is 0 Å². The summed E-state index contributed by atoms with van der Waals surface area (Å²) in [5.41, 5.74) is 1.35. The number of nitrogens with zero attached hydrogens (tertiary/aromatic N) is 1. The van der Waals surface area contributed by atoms with Crippen molar-refractivity contribution in [2.75, 3.05) is 19.6 Å². The van der Waals surface area contributed by atoms with Crippen LogP contribution in [0.15, 0.2) is 24.3 Å². The van der Waals surface area contributed by atoms with Gasteiger partial charge in [-0.1, -0.05) is 30.7 Å². The molecule has 1 saturated carbocycles. The molecule has 1 aliphatic carbocycles. The van der Waals surface area contributed by atoms with E-state index in [4.69, 9.17) is 11.6 Å². The highest BCUT2D eigenvalue weighted by Gasteiger charge is 2.27. The van der Waals surface area contributed by atoms with Crippen molar-refractivity contribution in [1.82, 2.24) is 10.2 Å². The van der Waals surface area contributed by atoms with E-state index < -0.39 is 0 Å². The second kappa shape index (κ2) is 7.28. The third-order valence-corrected chi connectivity index (χ3v) is 4.07. The number of likely N-dealkylation sites (N-methyl/N-ethyl adjacent to an activating group) is 1.